The average Bonchev–Trinajstić information content (AvgIpc) is 3.45. The van der Waals surface area contributed by atoms with E-state index < -0.39 is 0 Å². The van der Waals surface area contributed by atoms with Crippen molar-refractivity contribution in [3.8, 4) is 10.6 Å². The van der Waals surface area contributed by atoms with Gasteiger partial charge in [-0.05, 0) is 52.0 Å². The number of pyridine rings is 2. The Balaban J connectivity index is 1.54. The zero-order valence-electron chi connectivity index (χ0n) is 17.5. The van der Waals surface area contributed by atoms with Crippen molar-refractivity contribution < 1.29 is 9.32 Å². The second-order valence-electron chi connectivity index (χ2n) is 7.69. The van der Waals surface area contributed by atoms with Crippen LogP contribution in [0.5, 0.6) is 0 Å². The molecule has 0 fully saturated rings. The topological polar surface area (TPSA) is 98.7 Å². The van der Waals surface area contributed by atoms with Gasteiger partial charge in [0.1, 0.15) is 0 Å². The minimum Gasteiger partial charge on any atom is -0.335 e. The molecule has 5 aromatic rings. The van der Waals surface area contributed by atoms with Crippen LogP contribution < -0.4 is 5.32 Å². The van der Waals surface area contributed by atoms with E-state index >= 15 is 0 Å². The van der Waals surface area contributed by atoms with Gasteiger partial charge in [0.2, 0.25) is 0 Å². The number of carbonyl (C=O) groups is 1. The number of aryl methyl sites for hydroxylation is 2. The van der Waals surface area contributed by atoms with E-state index in [-0.39, 0.29) is 11.9 Å². The molecule has 5 rings (SSSR count). The zero-order valence-corrected chi connectivity index (χ0v) is 18.3. The van der Waals surface area contributed by atoms with Crippen molar-refractivity contribution >= 4 is 45.1 Å². The second kappa shape index (κ2) is 7.28. The van der Waals surface area contributed by atoms with E-state index in [1.807, 2.05) is 43.7 Å². The van der Waals surface area contributed by atoms with Gasteiger partial charge in [0, 0.05) is 16.3 Å². The highest BCUT2D eigenvalue weighted by Crippen LogP contribution is 2.31. The predicted molar refractivity (Wildman–Crippen MR) is 120 cm³/mol. The van der Waals surface area contributed by atoms with Crippen molar-refractivity contribution in [1.82, 2.24) is 24.9 Å². The van der Waals surface area contributed by atoms with E-state index in [1.54, 1.807) is 36.7 Å². The van der Waals surface area contributed by atoms with Crippen molar-refractivity contribution in [3.05, 3.63) is 52.8 Å². The maximum absolute atomic E-state index is 13.3. The van der Waals surface area contributed by atoms with Crippen LogP contribution in [0.4, 0.5) is 5.69 Å². The molecule has 5 heterocycles. The zero-order chi connectivity index (χ0) is 21.7. The smallest absolute Gasteiger partial charge is 0.259 e. The number of hydrogen-bond donors (Lipinski definition) is 1. The number of aromatic nitrogens is 5. The molecule has 0 aliphatic heterocycles. The number of anilines is 1. The molecule has 0 bridgehead atoms. The molecule has 0 aromatic carbocycles. The summed E-state index contributed by atoms with van der Waals surface area (Å²) in [5.74, 6) is -0.273. The van der Waals surface area contributed by atoms with Crippen molar-refractivity contribution in [2.75, 3.05) is 5.32 Å². The molecule has 1 amide bonds. The summed E-state index contributed by atoms with van der Waals surface area (Å²) in [6.45, 7) is 7.93. The Morgan fingerprint density at radius 3 is 2.77 bits per heavy atom. The third kappa shape index (κ3) is 3.36. The van der Waals surface area contributed by atoms with Crippen molar-refractivity contribution in [3.63, 3.8) is 0 Å². The lowest BCUT2D eigenvalue weighted by Crippen LogP contribution is -2.13. The summed E-state index contributed by atoms with van der Waals surface area (Å²) >= 11 is 1.61. The van der Waals surface area contributed by atoms with Crippen LogP contribution in [0.3, 0.4) is 0 Å². The average molecular weight is 433 g/mol. The van der Waals surface area contributed by atoms with E-state index in [0.717, 1.165) is 20.8 Å². The van der Waals surface area contributed by atoms with Crippen LogP contribution in [0.2, 0.25) is 0 Å². The fourth-order valence-electron chi connectivity index (χ4n) is 3.56. The molecule has 5 aromatic heterocycles. The number of fused-ring (bicyclic) bond motifs is 2. The molecule has 8 nitrogen and oxygen atoms in total. The highest BCUT2D eigenvalue weighted by Gasteiger charge is 2.20. The Morgan fingerprint density at radius 2 is 2.03 bits per heavy atom. The molecule has 0 aliphatic carbocycles. The van der Waals surface area contributed by atoms with Crippen LogP contribution in [0.15, 0.2) is 41.2 Å². The summed E-state index contributed by atoms with van der Waals surface area (Å²) < 4.78 is 7.23. The van der Waals surface area contributed by atoms with Crippen LogP contribution in [0, 0.1) is 13.8 Å². The summed E-state index contributed by atoms with van der Waals surface area (Å²) in [5.41, 5.74) is 3.48. The van der Waals surface area contributed by atoms with E-state index in [1.165, 1.54) is 0 Å². The summed E-state index contributed by atoms with van der Waals surface area (Å²) in [7, 11) is 0. The largest absolute Gasteiger partial charge is 0.335 e. The minimum absolute atomic E-state index is 0.200. The normalized spacial score (nSPS) is 11.6. The number of carbonyl (C=O) groups excluding carboxylic acids is 1. The van der Waals surface area contributed by atoms with E-state index in [2.05, 4.69) is 25.5 Å². The first kappa shape index (κ1) is 19.4. The molecular weight excluding hydrogens is 412 g/mol. The van der Waals surface area contributed by atoms with E-state index in [9.17, 15) is 4.79 Å². The molecule has 0 radical (unpaired) electrons. The summed E-state index contributed by atoms with van der Waals surface area (Å²) in [5, 5.41) is 12.8. The summed E-state index contributed by atoms with van der Waals surface area (Å²) in [6.07, 6.45) is 3.40. The molecule has 0 saturated heterocycles. The van der Waals surface area contributed by atoms with Gasteiger partial charge in [-0.1, -0.05) is 5.16 Å². The van der Waals surface area contributed by atoms with Crippen LogP contribution in [0.25, 0.3) is 32.7 Å². The first-order valence-electron chi connectivity index (χ1n) is 9.89. The number of amides is 1. The highest BCUT2D eigenvalue weighted by molar-refractivity contribution is 7.15. The molecule has 0 atom stereocenters. The van der Waals surface area contributed by atoms with Crippen LogP contribution >= 0.6 is 11.3 Å². The van der Waals surface area contributed by atoms with Gasteiger partial charge in [-0.15, -0.1) is 11.3 Å². The van der Waals surface area contributed by atoms with Crippen LogP contribution in [-0.2, 0) is 0 Å². The van der Waals surface area contributed by atoms with Crippen molar-refractivity contribution in [2.45, 2.75) is 33.7 Å². The van der Waals surface area contributed by atoms with Gasteiger partial charge in [0.05, 0.1) is 45.3 Å². The van der Waals surface area contributed by atoms with E-state index in [0.29, 0.717) is 33.7 Å². The molecule has 0 spiro atoms. The van der Waals surface area contributed by atoms with Crippen LogP contribution in [-0.4, -0.2) is 30.8 Å². The lowest BCUT2D eigenvalue weighted by atomic mass is 10.1. The second-order valence-corrected chi connectivity index (χ2v) is 8.98. The fraction of sp³-hybridized carbons (Fsp3) is 0.227. The SMILES string of the molecule is Cc1ccc(-c2cc(C(=O)Nc3cnc4c(cnn4C(C)C)c3)c3c(C)noc3n2)s1. The van der Waals surface area contributed by atoms with Gasteiger partial charge in [0.15, 0.2) is 5.65 Å². The van der Waals surface area contributed by atoms with Gasteiger partial charge in [-0.3, -0.25) is 4.79 Å². The Kier molecular flexibility index (Phi) is 4.55. The van der Waals surface area contributed by atoms with Crippen molar-refractivity contribution in [2.24, 2.45) is 0 Å². The Bertz CT molecular complexity index is 1450. The molecular formula is C22H20N6O2S. The summed E-state index contributed by atoms with van der Waals surface area (Å²) in [4.78, 5) is 24.5. The first-order valence-corrected chi connectivity index (χ1v) is 10.7. The fourth-order valence-corrected chi connectivity index (χ4v) is 4.39. The predicted octanol–water partition coefficient (Wildman–Crippen LogP) is 5.15. The molecule has 1 N–H and O–H groups in total. The van der Waals surface area contributed by atoms with Crippen molar-refractivity contribution in [1.29, 1.82) is 0 Å². The van der Waals surface area contributed by atoms with Gasteiger partial charge in [-0.25, -0.2) is 14.6 Å². The molecule has 31 heavy (non-hydrogen) atoms. The monoisotopic (exact) mass is 432 g/mol. The van der Waals surface area contributed by atoms with Gasteiger partial charge in [-0.2, -0.15) is 5.10 Å². The summed E-state index contributed by atoms with van der Waals surface area (Å²) in [6, 6.07) is 7.87. The van der Waals surface area contributed by atoms with Gasteiger partial charge < -0.3 is 9.84 Å². The van der Waals surface area contributed by atoms with Crippen LogP contribution in [0.1, 0.15) is 40.8 Å². The molecule has 9 heteroatoms. The maximum Gasteiger partial charge on any atom is 0.259 e. The van der Waals surface area contributed by atoms with E-state index in [4.69, 9.17) is 4.52 Å². The quantitative estimate of drug-likeness (QED) is 0.422. The molecule has 0 saturated carbocycles. The number of thiophene rings is 1. The Hall–Kier alpha value is -3.59. The standard InChI is InChI=1S/C22H20N6O2S/c1-11(2)28-20-14(9-24-28)7-15(10-23-20)25-21(29)16-8-17(18-6-5-12(3)31-18)26-22-19(16)13(4)27-30-22/h5-11H,1-4H3,(H,25,29). The lowest BCUT2D eigenvalue weighted by molar-refractivity contribution is 0.102. The van der Waals surface area contributed by atoms with Gasteiger partial charge >= 0.3 is 0 Å². The number of rotatable bonds is 4. The Labute approximate surface area is 181 Å². The number of nitrogens with zero attached hydrogens (tertiary/aromatic N) is 5. The molecule has 156 valence electrons. The minimum atomic E-state index is -0.273. The number of hydrogen-bond acceptors (Lipinski definition) is 7. The lowest BCUT2D eigenvalue weighted by Gasteiger charge is -2.09. The Morgan fingerprint density at radius 1 is 1.19 bits per heavy atom. The third-order valence-corrected chi connectivity index (χ3v) is 6.06. The van der Waals surface area contributed by atoms with Gasteiger partial charge in [0.25, 0.3) is 11.6 Å². The maximum atomic E-state index is 13.3. The number of nitrogens with one attached hydrogen (secondary N) is 1. The highest BCUT2D eigenvalue weighted by atomic mass is 32.1. The molecule has 0 unspecified atom stereocenters. The molecule has 0 aliphatic rings. The third-order valence-electron chi connectivity index (χ3n) is 5.03. The first-order chi connectivity index (χ1) is 14.9.